The van der Waals surface area contributed by atoms with Crippen molar-refractivity contribution in [3.8, 4) is 0 Å². The first-order valence-corrected chi connectivity index (χ1v) is 13.7. The van der Waals surface area contributed by atoms with Gasteiger partial charge in [-0.2, -0.15) is 0 Å². The monoisotopic (exact) mass is 578 g/mol. The minimum absolute atomic E-state index is 0.0270. The molecule has 0 spiro atoms. The number of carbonyl (C=O) groups is 5. The molecule has 11 nitrogen and oxygen atoms in total. The molecule has 2 saturated carbocycles. The third kappa shape index (κ3) is 5.78. The van der Waals surface area contributed by atoms with Crippen LogP contribution in [0, 0.1) is 16.7 Å². The van der Waals surface area contributed by atoms with Gasteiger partial charge in [-0.15, -0.1) is 0 Å². The smallest absolute Gasteiger partial charge is 0.303 e. The van der Waals surface area contributed by atoms with Crippen LogP contribution in [0.5, 0.6) is 0 Å². The van der Waals surface area contributed by atoms with Crippen LogP contribution in [0.15, 0.2) is 23.3 Å². The van der Waals surface area contributed by atoms with Crippen LogP contribution >= 0.6 is 0 Å². The molecule has 0 bridgehead atoms. The molecule has 0 saturated heterocycles. The molecule has 0 aromatic carbocycles. The number of aliphatic hydroxyl groups is 1. The molecule has 3 rings (SSSR count). The van der Waals surface area contributed by atoms with E-state index < -0.39 is 82.7 Å². The van der Waals surface area contributed by atoms with Crippen LogP contribution in [0.3, 0.4) is 0 Å². The van der Waals surface area contributed by atoms with E-state index >= 15 is 0 Å². The Balaban J connectivity index is 2.45. The third-order valence-electron chi connectivity index (χ3n) is 9.10. The van der Waals surface area contributed by atoms with Gasteiger partial charge in [0.15, 0.2) is 12.2 Å². The van der Waals surface area contributed by atoms with E-state index in [1.54, 1.807) is 27.7 Å². The largest absolute Gasteiger partial charge is 0.462 e. The van der Waals surface area contributed by atoms with Gasteiger partial charge in [-0.3, -0.25) is 24.0 Å². The summed E-state index contributed by atoms with van der Waals surface area (Å²) in [5, 5.41) is 11.9. The summed E-state index contributed by atoms with van der Waals surface area (Å²) in [5.41, 5.74) is -2.44. The normalized spacial score (nSPS) is 34.9. The second-order valence-electron chi connectivity index (χ2n) is 12.2. The maximum Gasteiger partial charge on any atom is 0.303 e. The molecule has 11 heteroatoms. The van der Waals surface area contributed by atoms with Crippen LogP contribution in [-0.4, -0.2) is 71.1 Å². The molecule has 8 atom stereocenters. The lowest BCUT2D eigenvalue weighted by atomic mass is 9.56. The quantitative estimate of drug-likeness (QED) is 0.281. The summed E-state index contributed by atoms with van der Waals surface area (Å²) < 4.78 is 29.1. The van der Waals surface area contributed by atoms with E-state index in [1.807, 2.05) is 0 Å². The van der Waals surface area contributed by atoms with Gasteiger partial charge in [-0.1, -0.05) is 13.5 Å². The molecule has 3 aliphatic carbocycles. The highest BCUT2D eigenvalue weighted by Gasteiger charge is 2.69. The Hall–Kier alpha value is -3.21. The molecule has 0 aromatic heterocycles. The number of rotatable bonds is 6. The van der Waals surface area contributed by atoms with Crippen molar-refractivity contribution in [1.82, 2.24) is 0 Å². The van der Waals surface area contributed by atoms with Gasteiger partial charge in [0, 0.05) is 52.9 Å². The van der Waals surface area contributed by atoms with Crippen molar-refractivity contribution < 1.29 is 52.8 Å². The van der Waals surface area contributed by atoms with E-state index in [-0.39, 0.29) is 19.3 Å². The molecule has 0 aliphatic heterocycles. The van der Waals surface area contributed by atoms with Gasteiger partial charge < -0.3 is 28.8 Å². The van der Waals surface area contributed by atoms with Gasteiger partial charge >= 0.3 is 29.8 Å². The molecule has 0 amide bonds. The van der Waals surface area contributed by atoms with Gasteiger partial charge in [-0.05, 0) is 49.8 Å². The Morgan fingerprint density at radius 2 is 1.29 bits per heavy atom. The van der Waals surface area contributed by atoms with Gasteiger partial charge in [0.05, 0.1) is 11.0 Å². The zero-order chi connectivity index (χ0) is 31.2. The second kappa shape index (κ2) is 11.2. The summed E-state index contributed by atoms with van der Waals surface area (Å²) >= 11 is 0. The van der Waals surface area contributed by atoms with Crippen molar-refractivity contribution in [3.63, 3.8) is 0 Å². The molecular formula is C30H42O11. The molecule has 0 aromatic rings. The van der Waals surface area contributed by atoms with Gasteiger partial charge in [-0.25, -0.2) is 0 Å². The summed E-state index contributed by atoms with van der Waals surface area (Å²) in [6, 6.07) is 0. The number of carbonyl (C=O) groups excluding carboxylic acids is 5. The minimum atomic E-state index is -1.49. The first-order chi connectivity index (χ1) is 18.8. The lowest BCUT2D eigenvalue weighted by Gasteiger charge is -2.53. The maximum absolute atomic E-state index is 12.7. The van der Waals surface area contributed by atoms with E-state index in [0.717, 1.165) is 0 Å². The lowest BCUT2D eigenvalue weighted by Crippen LogP contribution is -2.60. The molecule has 2 fully saturated rings. The third-order valence-corrected chi connectivity index (χ3v) is 9.10. The van der Waals surface area contributed by atoms with Crippen molar-refractivity contribution in [2.75, 3.05) is 0 Å². The Morgan fingerprint density at radius 3 is 1.76 bits per heavy atom. The van der Waals surface area contributed by atoms with Crippen molar-refractivity contribution in [1.29, 1.82) is 0 Å². The SMILES string of the molecule is C=C1[C@@H](OC(C)=O)C[C@H](OC(C)=O)[C@]2(C)[C@@H]1CC1(C(C)(C)O)C[C@H](OC(C)=O)C(C)=C1[C@@H](OC(C)=O)[C@@H]2OC(C)=O. The molecule has 1 N–H and O–H groups in total. The molecule has 0 radical (unpaired) electrons. The average Bonchev–Trinajstić information content (AvgIpc) is 3.02. The van der Waals surface area contributed by atoms with Gasteiger partial charge in [0.2, 0.25) is 0 Å². The number of esters is 5. The minimum Gasteiger partial charge on any atom is -0.462 e. The highest BCUT2D eigenvalue weighted by Crippen LogP contribution is 2.65. The summed E-state index contributed by atoms with van der Waals surface area (Å²) in [7, 11) is 0. The maximum atomic E-state index is 12.7. The van der Waals surface area contributed by atoms with Crippen LogP contribution in [0.25, 0.3) is 0 Å². The Morgan fingerprint density at radius 1 is 0.805 bits per heavy atom. The Bertz CT molecular complexity index is 1180. The summed E-state index contributed by atoms with van der Waals surface area (Å²) in [6.07, 6.45) is -4.74. The second-order valence-corrected chi connectivity index (χ2v) is 12.2. The summed E-state index contributed by atoms with van der Waals surface area (Å²) in [6.45, 7) is 17.2. The zero-order valence-electron chi connectivity index (χ0n) is 25.3. The van der Waals surface area contributed by atoms with E-state index in [0.29, 0.717) is 16.7 Å². The number of fused-ring (bicyclic) bond motifs is 2. The van der Waals surface area contributed by atoms with Crippen LogP contribution in [0.1, 0.15) is 81.6 Å². The molecule has 3 aliphatic rings. The van der Waals surface area contributed by atoms with E-state index in [4.69, 9.17) is 23.7 Å². The van der Waals surface area contributed by atoms with Crippen LogP contribution in [0.2, 0.25) is 0 Å². The molecule has 0 heterocycles. The predicted molar refractivity (Wildman–Crippen MR) is 144 cm³/mol. The molecule has 41 heavy (non-hydrogen) atoms. The van der Waals surface area contributed by atoms with Crippen LogP contribution in [0.4, 0.5) is 0 Å². The fourth-order valence-electron chi connectivity index (χ4n) is 7.35. The van der Waals surface area contributed by atoms with Crippen LogP contribution < -0.4 is 0 Å². The first kappa shape index (κ1) is 32.3. The first-order valence-electron chi connectivity index (χ1n) is 13.7. The van der Waals surface area contributed by atoms with Crippen LogP contribution in [-0.2, 0) is 47.7 Å². The molecule has 1 unspecified atom stereocenters. The molecular weight excluding hydrogens is 536 g/mol. The average molecular weight is 579 g/mol. The highest BCUT2D eigenvalue weighted by molar-refractivity contribution is 5.70. The van der Waals surface area contributed by atoms with E-state index in [9.17, 15) is 29.1 Å². The topological polar surface area (TPSA) is 152 Å². The number of ether oxygens (including phenoxy) is 5. The van der Waals surface area contributed by atoms with E-state index in [2.05, 4.69) is 6.58 Å². The Labute approximate surface area is 240 Å². The highest BCUT2D eigenvalue weighted by atomic mass is 16.6. The zero-order valence-corrected chi connectivity index (χ0v) is 25.3. The summed E-state index contributed by atoms with van der Waals surface area (Å²) in [4.78, 5) is 61.8. The van der Waals surface area contributed by atoms with Crippen molar-refractivity contribution in [2.45, 2.75) is 118 Å². The van der Waals surface area contributed by atoms with E-state index in [1.165, 1.54) is 34.6 Å². The fourth-order valence-corrected chi connectivity index (χ4v) is 7.35. The predicted octanol–water partition coefficient (Wildman–Crippen LogP) is 3.11. The fraction of sp³-hybridized carbons (Fsp3) is 0.700. The number of hydrogen-bond acceptors (Lipinski definition) is 11. The van der Waals surface area contributed by atoms with Gasteiger partial charge in [0.1, 0.15) is 18.3 Å². The van der Waals surface area contributed by atoms with Crippen molar-refractivity contribution >= 4 is 29.8 Å². The lowest BCUT2D eigenvalue weighted by molar-refractivity contribution is -0.203. The number of hydrogen-bond donors (Lipinski definition) is 1. The van der Waals surface area contributed by atoms with Crippen molar-refractivity contribution in [3.05, 3.63) is 23.3 Å². The standard InChI is InChI=1S/C30H42O11/c1-14-21-12-30(28(8,9)36)13-23(38-17(4)32)15(2)25(30)26(40-19(6)34)27(41-20(7)35)29(21,10)24(39-18(5)33)11-22(14)37-16(3)31/h21-24,26-27,36H,1,11-13H2,2-10H3/t21-,22+,23+,24+,26-,27+,29+,30?/m1/s1. The van der Waals surface area contributed by atoms with Gasteiger partial charge in [0.25, 0.3) is 0 Å². The Kier molecular flexibility index (Phi) is 8.85. The molecule has 228 valence electrons. The van der Waals surface area contributed by atoms with Crippen molar-refractivity contribution in [2.24, 2.45) is 16.7 Å². The summed E-state index contributed by atoms with van der Waals surface area (Å²) in [5.74, 6) is -3.75.